The van der Waals surface area contributed by atoms with Crippen molar-refractivity contribution >= 4 is 0 Å². The molecule has 0 saturated heterocycles. The Hall–Kier alpha value is -1.42. The molecule has 108 valence electrons. The third-order valence-electron chi connectivity index (χ3n) is 3.42. The Bertz CT molecular complexity index is 393. The predicted octanol–water partition coefficient (Wildman–Crippen LogP) is 2.94. The van der Waals surface area contributed by atoms with Crippen molar-refractivity contribution in [2.75, 3.05) is 27.9 Å². The largest absolute Gasteiger partial charge is 0.493 e. The Kier molecular flexibility index (Phi) is 6.50. The molecule has 0 radical (unpaired) electrons. The fourth-order valence-electron chi connectivity index (χ4n) is 2.39. The Balaban J connectivity index is 3.18. The van der Waals surface area contributed by atoms with Crippen LogP contribution in [0, 0.1) is 0 Å². The maximum absolute atomic E-state index is 5.61. The lowest BCUT2D eigenvalue weighted by Crippen LogP contribution is -2.06. The van der Waals surface area contributed by atoms with Crippen LogP contribution in [0.3, 0.4) is 0 Å². The van der Waals surface area contributed by atoms with E-state index < -0.39 is 0 Å². The fraction of sp³-hybridized carbons (Fsp3) is 0.600. The molecule has 0 saturated carbocycles. The molecule has 19 heavy (non-hydrogen) atoms. The summed E-state index contributed by atoms with van der Waals surface area (Å²) in [5.41, 5.74) is 6.77. The third-order valence-corrected chi connectivity index (χ3v) is 3.42. The highest BCUT2D eigenvalue weighted by Gasteiger charge is 2.20. The van der Waals surface area contributed by atoms with Gasteiger partial charge in [-0.25, -0.2) is 0 Å². The summed E-state index contributed by atoms with van der Waals surface area (Å²) in [6.07, 6.45) is 3.11. The normalized spacial score (nSPS) is 12.1. The molecular formula is C15H25NO3. The van der Waals surface area contributed by atoms with Crippen molar-refractivity contribution in [1.82, 2.24) is 0 Å². The lowest BCUT2D eigenvalue weighted by molar-refractivity contribution is 0.320. The van der Waals surface area contributed by atoms with Gasteiger partial charge in [-0.05, 0) is 37.8 Å². The van der Waals surface area contributed by atoms with E-state index in [0.29, 0.717) is 24.0 Å². The van der Waals surface area contributed by atoms with Crippen molar-refractivity contribution in [3.63, 3.8) is 0 Å². The van der Waals surface area contributed by atoms with E-state index in [2.05, 4.69) is 13.0 Å². The summed E-state index contributed by atoms with van der Waals surface area (Å²) in [7, 11) is 4.92. The van der Waals surface area contributed by atoms with Gasteiger partial charge in [0.15, 0.2) is 11.5 Å². The predicted molar refractivity (Wildman–Crippen MR) is 77.4 cm³/mol. The highest BCUT2D eigenvalue weighted by molar-refractivity contribution is 5.56. The molecule has 0 spiro atoms. The van der Waals surface area contributed by atoms with Gasteiger partial charge in [0.1, 0.15) is 0 Å². The summed E-state index contributed by atoms with van der Waals surface area (Å²) in [5, 5.41) is 0. The van der Waals surface area contributed by atoms with Crippen LogP contribution in [0.15, 0.2) is 12.1 Å². The van der Waals surface area contributed by atoms with Gasteiger partial charge in [0.25, 0.3) is 0 Å². The molecular weight excluding hydrogens is 242 g/mol. The van der Waals surface area contributed by atoms with Crippen LogP contribution in [0.1, 0.15) is 37.7 Å². The molecule has 0 aliphatic heterocycles. The van der Waals surface area contributed by atoms with Crippen molar-refractivity contribution in [2.24, 2.45) is 5.73 Å². The van der Waals surface area contributed by atoms with E-state index in [1.165, 1.54) is 0 Å². The first-order valence-electron chi connectivity index (χ1n) is 6.72. The monoisotopic (exact) mass is 267 g/mol. The van der Waals surface area contributed by atoms with Crippen molar-refractivity contribution in [1.29, 1.82) is 0 Å². The molecule has 1 rings (SSSR count). The number of hydrogen-bond acceptors (Lipinski definition) is 4. The van der Waals surface area contributed by atoms with E-state index >= 15 is 0 Å². The number of nitrogens with two attached hydrogens (primary N) is 1. The second-order valence-corrected chi connectivity index (χ2v) is 4.46. The third kappa shape index (κ3) is 3.53. The van der Waals surface area contributed by atoms with Crippen molar-refractivity contribution in [2.45, 2.75) is 32.1 Å². The molecule has 0 aromatic heterocycles. The Morgan fingerprint density at radius 3 is 2.21 bits per heavy atom. The van der Waals surface area contributed by atoms with Crippen LogP contribution in [0.25, 0.3) is 0 Å². The minimum absolute atomic E-state index is 0.429. The minimum atomic E-state index is 0.429. The molecule has 1 aromatic rings. The first-order chi connectivity index (χ1) is 9.23. The van der Waals surface area contributed by atoms with Gasteiger partial charge in [-0.1, -0.05) is 13.0 Å². The van der Waals surface area contributed by atoms with Crippen LogP contribution in [0.4, 0.5) is 0 Å². The maximum Gasteiger partial charge on any atom is 0.203 e. The summed E-state index contributed by atoms with van der Waals surface area (Å²) >= 11 is 0. The van der Waals surface area contributed by atoms with E-state index in [4.69, 9.17) is 19.9 Å². The Labute approximate surface area is 115 Å². The minimum Gasteiger partial charge on any atom is -0.493 e. The SMILES string of the molecule is CCC(CCCN)c1ccc(OC)c(OC)c1OC. The zero-order chi connectivity index (χ0) is 14.3. The average molecular weight is 267 g/mol. The van der Waals surface area contributed by atoms with Crippen LogP contribution in [0.2, 0.25) is 0 Å². The van der Waals surface area contributed by atoms with Gasteiger partial charge in [-0.15, -0.1) is 0 Å². The van der Waals surface area contributed by atoms with E-state index in [9.17, 15) is 0 Å². The number of benzene rings is 1. The number of rotatable bonds is 8. The standard InChI is InChI=1S/C15H25NO3/c1-5-11(7-6-10-16)12-8-9-13(17-2)15(19-4)14(12)18-3/h8-9,11H,5-7,10,16H2,1-4H3. The smallest absolute Gasteiger partial charge is 0.203 e. The maximum atomic E-state index is 5.61. The van der Waals surface area contributed by atoms with Gasteiger partial charge in [-0.2, -0.15) is 0 Å². The molecule has 0 heterocycles. The summed E-state index contributed by atoms with van der Waals surface area (Å²) in [4.78, 5) is 0. The molecule has 1 atom stereocenters. The molecule has 0 aliphatic carbocycles. The summed E-state index contributed by atoms with van der Waals surface area (Å²) < 4.78 is 16.3. The van der Waals surface area contributed by atoms with Gasteiger partial charge < -0.3 is 19.9 Å². The molecule has 0 amide bonds. The van der Waals surface area contributed by atoms with Crippen LogP contribution >= 0.6 is 0 Å². The van der Waals surface area contributed by atoms with Crippen molar-refractivity contribution in [3.8, 4) is 17.2 Å². The van der Waals surface area contributed by atoms with Gasteiger partial charge in [-0.3, -0.25) is 0 Å². The van der Waals surface area contributed by atoms with E-state index in [0.717, 1.165) is 30.6 Å². The van der Waals surface area contributed by atoms with Gasteiger partial charge >= 0.3 is 0 Å². The van der Waals surface area contributed by atoms with E-state index in [1.807, 2.05) is 6.07 Å². The van der Waals surface area contributed by atoms with Crippen LogP contribution in [-0.4, -0.2) is 27.9 Å². The number of methoxy groups -OCH3 is 3. The van der Waals surface area contributed by atoms with Crippen molar-refractivity contribution in [3.05, 3.63) is 17.7 Å². The lowest BCUT2D eigenvalue weighted by atomic mass is 9.90. The van der Waals surface area contributed by atoms with Gasteiger partial charge in [0.2, 0.25) is 5.75 Å². The van der Waals surface area contributed by atoms with Gasteiger partial charge in [0.05, 0.1) is 21.3 Å². The molecule has 2 N–H and O–H groups in total. The average Bonchev–Trinajstić information content (AvgIpc) is 2.46. The summed E-state index contributed by atoms with van der Waals surface area (Å²) in [6.45, 7) is 2.89. The quantitative estimate of drug-likeness (QED) is 0.786. The number of hydrogen-bond donors (Lipinski definition) is 1. The molecule has 0 bridgehead atoms. The summed E-state index contributed by atoms with van der Waals surface area (Å²) in [6, 6.07) is 3.99. The second kappa shape index (κ2) is 7.89. The number of ether oxygens (including phenoxy) is 3. The molecule has 0 fully saturated rings. The molecule has 1 unspecified atom stereocenters. The highest BCUT2D eigenvalue weighted by Crippen LogP contribution is 2.44. The first-order valence-corrected chi connectivity index (χ1v) is 6.72. The zero-order valence-electron chi connectivity index (χ0n) is 12.4. The molecule has 1 aromatic carbocycles. The lowest BCUT2D eigenvalue weighted by Gasteiger charge is -2.21. The Morgan fingerprint density at radius 1 is 1.05 bits per heavy atom. The topological polar surface area (TPSA) is 53.7 Å². The Morgan fingerprint density at radius 2 is 1.74 bits per heavy atom. The molecule has 0 aliphatic rings. The van der Waals surface area contributed by atoms with Crippen molar-refractivity contribution < 1.29 is 14.2 Å². The van der Waals surface area contributed by atoms with Crippen LogP contribution in [-0.2, 0) is 0 Å². The van der Waals surface area contributed by atoms with Crippen LogP contribution in [0.5, 0.6) is 17.2 Å². The van der Waals surface area contributed by atoms with Crippen LogP contribution < -0.4 is 19.9 Å². The van der Waals surface area contributed by atoms with E-state index in [1.54, 1.807) is 21.3 Å². The van der Waals surface area contributed by atoms with E-state index in [-0.39, 0.29) is 0 Å². The van der Waals surface area contributed by atoms with Gasteiger partial charge in [0, 0.05) is 5.56 Å². The zero-order valence-corrected chi connectivity index (χ0v) is 12.4. The summed E-state index contributed by atoms with van der Waals surface area (Å²) in [5.74, 6) is 2.55. The second-order valence-electron chi connectivity index (χ2n) is 4.46. The molecule has 4 nitrogen and oxygen atoms in total. The molecule has 4 heteroatoms. The first kappa shape index (κ1) is 15.6. The highest BCUT2D eigenvalue weighted by atomic mass is 16.5. The fourth-order valence-corrected chi connectivity index (χ4v) is 2.39.